The van der Waals surface area contributed by atoms with E-state index in [-0.39, 0.29) is 35.8 Å². The van der Waals surface area contributed by atoms with Crippen LogP contribution >= 0.6 is 0 Å². The number of rotatable bonds is 7. The number of ether oxygens (including phenoxy) is 1. The Labute approximate surface area is 168 Å². The summed E-state index contributed by atoms with van der Waals surface area (Å²) in [4.78, 5) is 40.7. The van der Waals surface area contributed by atoms with Crippen molar-refractivity contribution in [3.63, 3.8) is 0 Å². The maximum atomic E-state index is 13.1. The number of imide groups is 1. The van der Waals surface area contributed by atoms with Crippen molar-refractivity contribution >= 4 is 17.7 Å². The van der Waals surface area contributed by atoms with Crippen molar-refractivity contribution in [2.75, 3.05) is 27.3 Å². The van der Waals surface area contributed by atoms with E-state index in [9.17, 15) is 18.8 Å². The Morgan fingerprint density at radius 2 is 1.76 bits per heavy atom. The second-order valence-electron chi connectivity index (χ2n) is 7.01. The summed E-state index contributed by atoms with van der Waals surface area (Å²) in [5.41, 5.74) is 1.65. The zero-order valence-corrected chi connectivity index (χ0v) is 16.6. The van der Waals surface area contributed by atoms with Crippen molar-refractivity contribution in [1.82, 2.24) is 9.80 Å². The minimum absolute atomic E-state index is 0.237. The van der Waals surface area contributed by atoms with Crippen LogP contribution in [0.5, 0.6) is 0 Å². The van der Waals surface area contributed by atoms with E-state index in [1.807, 2.05) is 6.92 Å². The predicted octanol–water partition coefficient (Wildman–Crippen LogP) is 3.29. The first-order chi connectivity index (χ1) is 13.8. The van der Waals surface area contributed by atoms with Gasteiger partial charge in [-0.1, -0.05) is 12.1 Å². The molecule has 152 valence electrons. The number of carbonyl (C=O) groups is 3. The lowest BCUT2D eigenvalue weighted by Gasteiger charge is -2.25. The highest BCUT2D eigenvalue weighted by molar-refractivity contribution is 6.22. The molecule has 3 amide bonds. The smallest absolute Gasteiger partial charge is 0.261 e. The van der Waals surface area contributed by atoms with Crippen molar-refractivity contribution < 1.29 is 23.5 Å². The molecule has 0 unspecified atom stereocenters. The van der Waals surface area contributed by atoms with Gasteiger partial charge in [-0.25, -0.2) is 4.39 Å². The summed E-state index contributed by atoms with van der Waals surface area (Å²) in [6.07, 6.45) is 0.547. The summed E-state index contributed by atoms with van der Waals surface area (Å²) in [7, 11) is 3.21. The Hall–Kier alpha value is -3.06. The SMILES string of the molecule is COCCCN1C(=O)c2ccc(C(=O)N(C)[C@@H](C)c3ccc(F)cc3)cc2C1=O. The number of amides is 3. The van der Waals surface area contributed by atoms with Crippen LogP contribution in [0, 0.1) is 5.82 Å². The largest absolute Gasteiger partial charge is 0.385 e. The number of fused-ring (bicyclic) bond motifs is 1. The van der Waals surface area contributed by atoms with E-state index in [1.54, 1.807) is 32.4 Å². The highest BCUT2D eigenvalue weighted by Crippen LogP contribution is 2.26. The third kappa shape index (κ3) is 4.05. The molecule has 0 aromatic heterocycles. The van der Waals surface area contributed by atoms with E-state index in [2.05, 4.69) is 0 Å². The summed E-state index contributed by atoms with van der Waals surface area (Å²) in [5, 5.41) is 0. The molecule has 0 N–H and O–H groups in total. The van der Waals surface area contributed by atoms with Gasteiger partial charge in [-0.15, -0.1) is 0 Å². The second-order valence-corrected chi connectivity index (χ2v) is 7.01. The molecule has 1 aliphatic heterocycles. The highest BCUT2D eigenvalue weighted by Gasteiger charge is 2.36. The van der Waals surface area contributed by atoms with E-state index in [0.717, 1.165) is 5.56 Å². The average Bonchev–Trinajstić information content (AvgIpc) is 2.97. The molecular weight excluding hydrogens is 375 g/mol. The average molecular weight is 398 g/mol. The number of benzene rings is 2. The van der Waals surface area contributed by atoms with Crippen LogP contribution < -0.4 is 0 Å². The predicted molar refractivity (Wildman–Crippen MR) is 105 cm³/mol. The molecule has 0 spiro atoms. The molecule has 0 aliphatic carbocycles. The molecule has 2 aromatic rings. The van der Waals surface area contributed by atoms with Crippen LogP contribution in [0.15, 0.2) is 42.5 Å². The lowest BCUT2D eigenvalue weighted by molar-refractivity contribution is 0.0638. The van der Waals surface area contributed by atoms with E-state index in [0.29, 0.717) is 24.2 Å². The lowest BCUT2D eigenvalue weighted by Crippen LogP contribution is -2.31. The Morgan fingerprint density at radius 1 is 1.10 bits per heavy atom. The first kappa shape index (κ1) is 20.7. The zero-order chi connectivity index (χ0) is 21.1. The van der Waals surface area contributed by atoms with Crippen molar-refractivity contribution in [1.29, 1.82) is 0 Å². The summed E-state index contributed by atoms with van der Waals surface area (Å²) >= 11 is 0. The lowest BCUT2D eigenvalue weighted by atomic mass is 10.0. The van der Waals surface area contributed by atoms with Gasteiger partial charge in [0.15, 0.2) is 0 Å². The molecule has 1 aliphatic rings. The third-order valence-corrected chi connectivity index (χ3v) is 5.20. The number of hydrogen-bond acceptors (Lipinski definition) is 4. The zero-order valence-electron chi connectivity index (χ0n) is 16.6. The minimum Gasteiger partial charge on any atom is -0.385 e. The van der Waals surface area contributed by atoms with E-state index < -0.39 is 5.91 Å². The van der Waals surface area contributed by atoms with Crippen LogP contribution in [0.3, 0.4) is 0 Å². The molecule has 0 radical (unpaired) electrons. The molecule has 0 saturated heterocycles. The van der Waals surface area contributed by atoms with Crippen LogP contribution in [0.25, 0.3) is 0 Å². The van der Waals surface area contributed by atoms with Gasteiger partial charge in [0.05, 0.1) is 17.2 Å². The fourth-order valence-corrected chi connectivity index (χ4v) is 3.34. The Bertz CT molecular complexity index is 942. The van der Waals surface area contributed by atoms with Crippen LogP contribution in [0.2, 0.25) is 0 Å². The molecule has 1 atom stereocenters. The number of halogens is 1. The number of nitrogens with zero attached hydrogens (tertiary/aromatic N) is 2. The van der Waals surface area contributed by atoms with E-state index >= 15 is 0 Å². The summed E-state index contributed by atoms with van der Waals surface area (Å²) < 4.78 is 18.1. The van der Waals surface area contributed by atoms with E-state index in [4.69, 9.17) is 4.74 Å². The monoisotopic (exact) mass is 398 g/mol. The molecule has 0 bridgehead atoms. The summed E-state index contributed by atoms with van der Waals surface area (Å²) in [5.74, 6) is -1.38. The van der Waals surface area contributed by atoms with Gasteiger partial charge in [-0.05, 0) is 49.2 Å². The van der Waals surface area contributed by atoms with Gasteiger partial charge in [0.1, 0.15) is 5.82 Å². The third-order valence-electron chi connectivity index (χ3n) is 5.20. The van der Waals surface area contributed by atoms with Crippen molar-refractivity contribution in [2.24, 2.45) is 0 Å². The van der Waals surface area contributed by atoms with Crippen LogP contribution in [-0.4, -0.2) is 54.8 Å². The maximum absolute atomic E-state index is 13.1. The van der Waals surface area contributed by atoms with Gasteiger partial charge in [-0.2, -0.15) is 0 Å². The van der Waals surface area contributed by atoms with Crippen molar-refractivity contribution in [2.45, 2.75) is 19.4 Å². The second kappa shape index (κ2) is 8.53. The van der Waals surface area contributed by atoms with Gasteiger partial charge in [-0.3, -0.25) is 19.3 Å². The van der Waals surface area contributed by atoms with Gasteiger partial charge in [0, 0.05) is 32.9 Å². The van der Waals surface area contributed by atoms with Crippen LogP contribution in [-0.2, 0) is 4.74 Å². The number of carbonyl (C=O) groups excluding carboxylic acids is 3. The highest BCUT2D eigenvalue weighted by atomic mass is 19.1. The molecule has 1 heterocycles. The molecule has 3 rings (SSSR count). The van der Waals surface area contributed by atoms with Crippen LogP contribution in [0.1, 0.15) is 56.0 Å². The Morgan fingerprint density at radius 3 is 2.41 bits per heavy atom. The van der Waals surface area contributed by atoms with Gasteiger partial charge >= 0.3 is 0 Å². The molecule has 7 heteroatoms. The standard InChI is InChI=1S/C22H23FN2O4/c1-14(15-5-8-17(23)9-6-15)24(2)20(26)16-7-10-18-19(13-16)22(28)25(21(18)27)11-4-12-29-3/h5-10,13-14H,4,11-12H2,1-3H3/t14-/m0/s1. The van der Waals surface area contributed by atoms with Gasteiger partial charge in [0.25, 0.3) is 17.7 Å². The Kier molecular flexibility index (Phi) is 6.08. The maximum Gasteiger partial charge on any atom is 0.261 e. The first-order valence-electron chi connectivity index (χ1n) is 9.37. The van der Waals surface area contributed by atoms with Gasteiger partial charge in [0.2, 0.25) is 0 Å². The normalized spacial score (nSPS) is 14.1. The summed E-state index contributed by atoms with van der Waals surface area (Å²) in [6, 6.07) is 10.2. The molecule has 6 nitrogen and oxygen atoms in total. The van der Waals surface area contributed by atoms with Crippen LogP contribution in [0.4, 0.5) is 4.39 Å². The first-order valence-corrected chi connectivity index (χ1v) is 9.37. The minimum atomic E-state index is -0.398. The molecule has 2 aromatic carbocycles. The fraction of sp³-hybridized carbons (Fsp3) is 0.318. The molecule has 0 saturated carbocycles. The molecule has 0 fully saturated rings. The Balaban J connectivity index is 1.79. The molecular formula is C22H23FN2O4. The quantitative estimate of drug-likeness (QED) is 0.530. The van der Waals surface area contributed by atoms with Gasteiger partial charge < -0.3 is 9.64 Å². The van der Waals surface area contributed by atoms with E-state index in [1.165, 1.54) is 34.1 Å². The summed E-state index contributed by atoms with van der Waals surface area (Å²) in [6.45, 7) is 2.55. The molecule has 29 heavy (non-hydrogen) atoms. The van der Waals surface area contributed by atoms with Crippen molar-refractivity contribution in [3.05, 3.63) is 70.5 Å². The topological polar surface area (TPSA) is 66.9 Å². The fourth-order valence-electron chi connectivity index (χ4n) is 3.34. The number of methoxy groups -OCH3 is 1. The number of hydrogen-bond donors (Lipinski definition) is 0. The van der Waals surface area contributed by atoms with Crippen molar-refractivity contribution in [3.8, 4) is 0 Å².